The molecule has 110 valence electrons. The molecule has 0 heterocycles. The molecule has 0 aliphatic rings. The molecule has 2 atom stereocenters. The first-order valence-corrected chi connectivity index (χ1v) is 5.43. The molecule has 0 aliphatic carbocycles. The van der Waals surface area contributed by atoms with Crippen molar-refractivity contribution >= 4 is 11.9 Å². The maximum atomic E-state index is 13.4. The van der Waals surface area contributed by atoms with Crippen LogP contribution in [0.4, 0.5) is 8.78 Å². The van der Waals surface area contributed by atoms with Gasteiger partial charge in [0.05, 0.1) is 19.6 Å². The molecule has 2 unspecified atom stereocenters. The van der Waals surface area contributed by atoms with Crippen molar-refractivity contribution in [3.63, 3.8) is 0 Å². The summed E-state index contributed by atoms with van der Waals surface area (Å²) in [4.78, 5) is 21.5. The van der Waals surface area contributed by atoms with E-state index in [4.69, 9.17) is 5.11 Å². The topological polar surface area (TPSA) is 104 Å². The highest BCUT2D eigenvalue weighted by Crippen LogP contribution is 2.24. The summed E-state index contributed by atoms with van der Waals surface area (Å²) in [5, 5.41) is 27.8. The lowest BCUT2D eigenvalue weighted by atomic mass is 10.00. The van der Waals surface area contributed by atoms with Gasteiger partial charge in [0.1, 0.15) is 23.3 Å². The van der Waals surface area contributed by atoms with Crippen molar-refractivity contribution in [3.05, 3.63) is 34.9 Å². The molecule has 20 heavy (non-hydrogen) atoms. The van der Waals surface area contributed by atoms with Crippen LogP contribution in [0.2, 0.25) is 0 Å². The zero-order valence-electron chi connectivity index (χ0n) is 10.3. The van der Waals surface area contributed by atoms with E-state index >= 15 is 0 Å². The van der Waals surface area contributed by atoms with E-state index in [9.17, 15) is 28.6 Å². The third kappa shape index (κ3) is 3.49. The number of aliphatic hydroxyl groups excluding tert-OH is 2. The van der Waals surface area contributed by atoms with Crippen LogP contribution in [0, 0.1) is 11.6 Å². The number of hydrogen-bond donors (Lipinski definition) is 3. The number of ether oxygens (including phenoxy) is 1. The zero-order valence-corrected chi connectivity index (χ0v) is 10.3. The van der Waals surface area contributed by atoms with Gasteiger partial charge in [-0.3, -0.25) is 4.79 Å². The number of carboxylic acid groups (broad SMARTS) is 1. The van der Waals surface area contributed by atoms with Gasteiger partial charge in [0, 0.05) is 0 Å². The molecule has 0 aliphatic heterocycles. The Labute approximate surface area is 112 Å². The Morgan fingerprint density at radius 3 is 2.15 bits per heavy atom. The summed E-state index contributed by atoms with van der Waals surface area (Å²) in [5.41, 5.74) is -1.55. The third-order valence-corrected chi connectivity index (χ3v) is 2.59. The van der Waals surface area contributed by atoms with E-state index in [1.807, 2.05) is 0 Å². The lowest BCUT2D eigenvalue weighted by molar-refractivity contribution is -0.144. The SMILES string of the molecule is COC(=O)CC(O)C(O)c1cc(F)c(C(=O)O)c(F)c1. The lowest BCUT2D eigenvalue weighted by Gasteiger charge is -2.17. The Bertz CT molecular complexity index is 508. The number of halogens is 2. The standard InChI is InChI=1S/C12H12F2O6/c1-20-9(16)4-8(15)11(17)5-2-6(13)10(12(18)19)7(14)3-5/h2-3,8,11,15,17H,4H2,1H3,(H,18,19). The molecule has 6 nitrogen and oxygen atoms in total. The molecular weight excluding hydrogens is 278 g/mol. The number of esters is 1. The van der Waals surface area contributed by atoms with Gasteiger partial charge in [0.15, 0.2) is 0 Å². The van der Waals surface area contributed by atoms with E-state index < -0.39 is 47.8 Å². The second kappa shape index (κ2) is 6.40. The highest BCUT2D eigenvalue weighted by molar-refractivity contribution is 5.88. The molecule has 1 aromatic rings. The van der Waals surface area contributed by atoms with Gasteiger partial charge in [0.25, 0.3) is 0 Å². The number of benzene rings is 1. The van der Waals surface area contributed by atoms with E-state index in [1.165, 1.54) is 0 Å². The van der Waals surface area contributed by atoms with Crippen molar-refractivity contribution in [3.8, 4) is 0 Å². The Morgan fingerprint density at radius 1 is 1.25 bits per heavy atom. The second-order valence-corrected chi connectivity index (χ2v) is 3.96. The van der Waals surface area contributed by atoms with Crippen molar-refractivity contribution in [1.82, 2.24) is 0 Å². The van der Waals surface area contributed by atoms with E-state index in [0.29, 0.717) is 12.1 Å². The number of carbonyl (C=O) groups excluding carboxylic acids is 1. The molecule has 3 N–H and O–H groups in total. The van der Waals surface area contributed by atoms with E-state index in [1.54, 1.807) is 0 Å². The number of methoxy groups -OCH3 is 1. The lowest BCUT2D eigenvalue weighted by Crippen LogP contribution is -2.23. The maximum Gasteiger partial charge on any atom is 0.341 e. The number of aromatic carboxylic acids is 1. The van der Waals surface area contributed by atoms with Crippen LogP contribution < -0.4 is 0 Å². The largest absolute Gasteiger partial charge is 0.477 e. The van der Waals surface area contributed by atoms with Crippen molar-refractivity contribution in [1.29, 1.82) is 0 Å². The molecule has 0 bridgehead atoms. The molecule has 8 heteroatoms. The van der Waals surface area contributed by atoms with Crippen molar-refractivity contribution in [2.24, 2.45) is 0 Å². The Kier molecular flexibility index (Phi) is 5.12. The van der Waals surface area contributed by atoms with Crippen LogP contribution in [0.15, 0.2) is 12.1 Å². The van der Waals surface area contributed by atoms with Crippen molar-refractivity contribution in [2.75, 3.05) is 7.11 Å². The first-order valence-electron chi connectivity index (χ1n) is 5.43. The van der Waals surface area contributed by atoms with Crippen LogP contribution in [0.3, 0.4) is 0 Å². The summed E-state index contributed by atoms with van der Waals surface area (Å²) in [5.74, 6) is -5.40. The normalized spacial score (nSPS) is 13.7. The summed E-state index contributed by atoms with van der Waals surface area (Å²) < 4.78 is 31.1. The third-order valence-electron chi connectivity index (χ3n) is 2.59. The molecule has 0 radical (unpaired) electrons. The van der Waals surface area contributed by atoms with Gasteiger partial charge >= 0.3 is 11.9 Å². The fraction of sp³-hybridized carbons (Fsp3) is 0.333. The van der Waals surface area contributed by atoms with Gasteiger partial charge in [-0.05, 0) is 17.7 Å². The summed E-state index contributed by atoms with van der Waals surface area (Å²) in [6.07, 6.45) is -3.99. The van der Waals surface area contributed by atoms with Crippen LogP contribution in [-0.2, 0) is 9.53 Å². The quantitative estimate of drug-likeness (QED) is 0.687. The van der Waals surface area contributed by atoms with Crippen LogP contribution >= 0.6 is 0 Å². The summed E-state index contributed by atoms with van der Waals surface area (Å²) >= 11 is 0. The molecule has 1 rings (SSSR count). The van der Waals surface area contributed by atoms with Gasteiger partial charge < -0.3 is 20.1 Å². The monoisotopic (exact) mass is 290 g/mol. The zero-order chi connectivity index (χ0) is 15.4. The Balaban J connectivity index is 3.03. The summed E-state index contributed by atoms with van der Waals surface area (Å²) in [7, 11) is 1.07. The minimum Gasteiger partial charge on any atom is -0.477 e. The van der Waals surface area contributed by atoms with E-state index in [0.717, 1.165) is 7.11 Å². The molecule has 0 saturated heterocycles. The van der Waals surface area contributed by atoms with E-state index in [2.05, 4.69) is 4.74 Å². The molecule has 0 spiro atoms. The molecule has 0 aromatic heterocycles. The average Bonchev–Trinajstić information content (AvgIpc) is 2.36. The first kappa shape index (κ1) is 16.0. The van der Waals surface area contributed by atoms with Crippen LogP contribution in [-0.4, -0.2) is 40.5 Å². The number of hydrogen-bond acceptors (Lipinski definition) is 5. The molecule has 0 amide bonds. The first-order chi connectivity index (χ1) is 9.27. The smallest absolute Gasteiger partial charge is 0.341 e. The number of rotatable bonds is 5. The average molecular weight is 290 g/mol. The summed E-state index contributed by atoms with van der Waals surface area (Å²) in [6, 6.07) is 1.16. The van der Waals surface area contributed by atoms with Crippen LogP contribution in [0.1, 0.15) is 28.4 Å². The van der Waals surface area contributed by atoms with Gasteiger partial charge in [-0.1, -0.05) is 0 Å². The van der Waals surface area contributed by atoms with Crippen LogP contribution in [0.5, 0.6) is 0 Å². The number of aliphatic hydroxyl groups is 2. The van der Waals surface area contributed by atoms with Crippen molar-refractivity contribution in [2.45, 2.75) is 18.6 Å². The Hall–Kier alpha value is -2.06. The van der Waals surface area contributed by atoms with E-state index in [-0.39, 0.29) is 5.56 Å². The minimum absolute atomic E-state index is 0.388. The minimum atomic E-state index is -1.80. The fourth-order valence-corrected chi connectivity index (χ4v) is 1.56. The second-order valence-electron chi connectivity index (χ2n) is 3.96. The predicted molar refractivity (Wildman–Crippen MR) is 60.9 cm³/mol. The molecule has 1 aromatic carbocycles. The Morgan fingerprint density at radius 2 is 1.75 bits per heavy atom. The number of carboxylic acids is 1. The molecular formula is C12H12F2O6. The molecule has 0 fully saturated rings. The molecule has 0 saturated carbocycles. The summed E-state index contributed by atoms with van der Waals surface area (Å²) in [6.45, 7) is 0. The van der Waals surface area contributed by atoms with Gasteiger partial charge in [0.2, 0.25) is 0 Å². The predicted octanol–water partition coefficient (Wildman–Crippen LogP) is 0.620. The number of carbonyl (C=O) groups is 2. The maximum absolute atomic E-state index is 13.4. The fourth-order valence-electron chi connectivity index (χ4n) is 1.56. The highest BCUT2D eigenvalue weighted by atomic mass is 19.1. The van der Waals surface area contributed by atoms with Gasteiger partial charge in [-0.15, -0.1) is 0 Å². The van der Waals surface area contributed by atoms with Gasteiger partial charge in [-0.25, -0.2) is 13.6 Å². The van der Waals surface area contributed by atoms with Crippen molar-refractivity contribution < 1.29 is 38.4 Å². The van der Waals surface area contributed by atoms with Crippen LogP contribution in [0.25, 0.3) is 0 Å². The van der Waals surface area contributed by atoms with Gasteiger partial charge in [-0.2, -0.15) is 0 Å². The highest BCUT2D eigenvalue weighted by Gasteiger charge is 2.25.